The van der Waals surface area contributed by atoms with Gasteiger partial charge in [0, 0.05) is 18.4 Å². The van der Waals surface area contributed by atoms with E-state index in [4.69, 9.17) is 14.7 Å². The van der Waals surface area contributed by atoms with E-state index in [1.54, 1.807) is 11.8 Å². The van der Waals surface area contributed by atoms with E-state index in [0.717, 1.165) is 41.2 Å². The number of amides is 1. The molecule has 1 unspecified atom stereocenters. The quantitative estimate of drug-likeness (QED) is 0.679. The largest absolute Gasteiger partial charge is 0.497 e. The number of nitrogens with one attached hydrogen (secondary N) is 1. The number of nitrogens with zero attached hydrogens (tertiary/aromatic N) is 3. The first-order valence-electron chi connectivity index (χ1n) is 10.0. The minimum atomic E-state index is -0.675. The van der Waals surface area contributed by atoms with Crippen molar-refractivity contribution in [2.24, 2.45) is 5.16 Å². The lowest BCUT2D eigenvalue weighted by Crippen LogP contribution is -2.29. The number of hydrogen-bond acceptors (Lipinski definition) is 5. The molecule has 7 heteroatoms. The first kappa shape index (κ1) is 18.4. The van der Waals surface area contributed by atoms with Crippen molar-refractivity contribution in [3.8, 4) is 11.4 Å². The molecule has 7 nitrogen and oxygen atoms in total. The van der Waals surface area contributed by atoms with E-state index >= 15 is 0 Å². The van der Waals surface area contributed by atoms with Gasteiger partial charge in [-0.2, -0.15) is 5.10 Å². The standard InChI is InChI=1S/C23H22N4O3/c1-29-18-11-9-16(10-12-18)20-13-21(30-26-20)23(28)24-22-14-19(15-7-8-15)25-27(22)17-5-3-2-4-6-17/h2-6,9-12,14-15,21H,7-8,13H2,1H3,(H,24,28). The first-order valence-corrected chi connectivity index (χ1v) is 10.0. The van der Waals surface area contributed by atoms with E-state index in [-0.39, 0.29) is 5.91 Å². The molecule has 2 aliphatic rings. The van der Waals surface area contributed by atoms with E-state index in [2.05, 4.69) is 10.5 Å². The number of methoxy groups -OCH3 is 1. The molecule has 5 rings (SSSR count). The number of carbonyl (C=O) groups excluding carboxylic acids is 1. The average molecular weight is 402 g/mol. The highest BCUT2D eigenvalue weighted by Crippen LogP contribution is 2.40. The molecule has 1 N–H and O–H groups in total. The number of oxime groups is 1. The molecule has 30 heavy (non-hydrogen) atoms. The monoisotopic (exact) mass is 402 g/mol. The lowest BCUT2D eigenvalue weighted by atomic mass is 10.0. The van der Waals surface area contributed by atoms with E-state index in [1.807, 2.05) is 60.7 Å². The normalized spacial score (nSPS) is 17.9. The van der Waals surface area contributed by atoms with Crippen LogP contribution in [0.2, 0.25) is 0 Å². The van der Waals surface area contributed by atoms with E-state index in [9.17, 15) is 4.79 Å². The molecule has 1 aliphatic carbocycles. The molecule has 0 bridgehead atoms. The fourth-order valence-electron chi connectivity index (χ4n) is 3.51. The predicted molar refractivity (Wildman–Crippen MR) is 113 cm³/mol. The molecular weight excluding hydrogens is 380 g/mol. The van der Waals surface area contributed by atoms with Crippen LogP contribution in [-0.4, -0.2) is 34.6 Å². The number of benzene rings is 2. The maximum absolute atomic E-state index is 12.9. The Morgan fingerprint density at radius 1 is 1.13 bits per heavy atom. The summed E-state index contributed by atoms with van der Waals surface area (Å²) in [6.45, 7) is 0. The Morgan fingerprint density at radius 2 is 1.90 bits per heavy atom. The summed E-state index contributed by atoms with van der Waals surface area (Å²) in [6.07, 6.45) is 2.02. The fourth-order valence-corrected chi connectivity index (χ4v) is 3.51. The molecule has 2 aromatic carbocycles. The third kappa shape index (κ3) is 3.66. The van der Waals surface area contributed by atoms with Crippen LogP contribution in [0.4, 0.5) is 5.82 Å². The van der Waals surface area contributed by atoms with Gasteiger partial charge in [0.2, 0.25) is 6.10 Å². The SMILES string of the molecule is COc1ccc(C2=NOC(C(=O)Nc3cc(C4CC4)nn3-c3ccccc3)C2)cc1. The molecule has 0 saturated heterocycles. The van der Waals surface area contributed by atoms with Crippen LogP contribution >= 0.6 is 0 Å². The van der Waals surface area contributed by atoms with Crippen molar-refractivity contribution in [2.75, 3.05) is 12.4 Å². The van der Waals surface area contributed by atoms with E-state index < -0.39 is 6.10 Å². The number of anilines is 1. The Balaban J connectivity index is 1.31. The average Bonchev–Trinajstić information content (AvgIpc) is 3.37. The Kier molecular flexibility index (Phi) is 4.71. The number of aromatic nitrogens is 2. The van der Waals surface area contributed by atoms with Gasteiger partial charge in [-0.25, -0.2) is 4.68 Å². The first-order chi connectivity index (χ1) is 14.7. The summed E-state index contributed by atoms with van der Waals surface area (Å²) in [4.78, 5) is 18.3. The summed E-state index contributed by atoms with van der Waals surface area (Å²) in [5.74, 6) is 1.67. The van der Waals surface area contributed by atoms with Crippen LogP contribution in [0.1, 0.15) is 36.4 Å². The van der Waals surface area contributed by atoms with Crippen LogP contribution in [0.3, 0.4) is 0 Å². The van der Waals surface area contributed by atoms with E-state index in [1.165, 1.54) is 0 Å². The molecule has 2 heterocycles. The summed E-state index contributed by atoms with van der Waals surface area (Å²) < 4.78 is 6.97. The highest BCUT2D eigenvalue weighted by Gasteiger charge is 2.31. The second kappa shape index (κ2) is 7.67. The molecule has 1 aliphatic heterocycles. The highest BCUT2D eigenvalue weighted by atomic mass is 16.6. The Labute approximate surface area is 174 Å². The van der Waals surface area contributed by atoms with Crippen molar-refractivity contribution in [3.63, 3.8) is 0 Å². The Morgan fingerprint density at radius 3 is 2.60 bits per heavy atom. The van der Waals surface area contributed by atoms with Crippen molar-refractivity contribution in [1.29, 1.82) is 0 Å². The molecule has 1 aromatic heterocycles. The minimum Gasteiger partial charge on any atom is -0.497 e. The zero-order valence-electron chi connectivity index (χ0n) is 16.6. The molecule has 1 saturated carbocycles. The molecule has 0 radical (unpaired) electrons. The van der Waals surface area contributed by atoms with Crippen LogP contribution in [0.25, 0.3) is 5.69 Å². The van der Waals surface area contributed by atoms with Gasteiger partial charge >= 0.3 is 0 Å². The zero-order valence-corrected chi connectivity index (χ0v) is 16.6. The molecule has 1 atom stereocenters. The van der Waals surface area contributed by atoms with Crippen LogP contribution in [0.15, 0.2) is 65.8 Å². The maximum Gasteiger partial charge on any atom is 0.269 e. The van der Waals surface area contributed by atoms with Gasteiger partial charge in [0.15, 0.2) is 0 Å². The van der Waals surface area contributed by atoms with Crippen LogP contribution < -0.4 is 10.1 Å². The van der Waals surface area contributed by atoms with Gasteiger partial charge in [-0.15, -0.1) is 0 Å². The number of rotatable bonds is 6. The van der Waals surface area contributed by atoms with Gasteiger partial charge in [0.05, 0.1) is 24.2 Å². The molecule has 3 aromatic rings. The van der Waals surface area contributed by atoms with Gasteiger partial charge in [0.1, 0.15) is 11.6 Å². The third-order valence-electron chi connectivity index (χ3n) is 5.36. The Hall–Kier alpha value is -3.61. The zero-order chi connectivity index (χ0) is 20.5. The molecule has 152 valence electrons. The molecular formula is C23H22N4O3. The van der Waals surface area contributed by atoms with Crippen molar-refractivity contribution >= 4 is 17.4 Å². The van der Waals surface area contributed by atoms with Crippen molar-refractivity contribution in [1.82, 2.24) is 9.78 Å². The molecule has 1 amide bonds. The number of hydrogen-bond donors (Lipinski definition) is 1. The number of para-hydroxylation sites is 1. The molecule has 1 fully saturated rings. The van der Waals surface area contributed by atoms with Gasteiger partial charge < -0.3 is 14.9 Å². The van der Waals surface area contributed by atoms with Gasteiger partial charge in [-0.1, -0.05) is 23.4 Å². The van der Waals surface area contributed by atoms with E-state index in [0.29, 0.717) is 18.2 Å². The smallest absolute Gasteiger partial charge is 0.269 e. The second-order valence-corrected chi connectivity index (χ2v) is 7.53. The lowest BCUT2D eigenvalue weighted by Gasteiger charge is -2.11. The number of carbonyl (C=O) groups is 1. The summed E-state index contributed by atoms with van der Waals surface area (Å²) in [5.41, 5.74) is 3.57. The fraction of sp³-hybridized carbons (Fsp3) is 0.261. The van der Waals surface area contributed by atoms with Gasteiger partial charge in [-0.3, -0.25) is 4.79 Å². The third-order valence-corrected chi connectivity index (χ3v) is 5.36. The van der Waals surface area contributed by atoms with Crippen molar-refractivity contribution in [2.45, 2.75) is 31.3 Å². The summed E-state index contributed by atoms with van der Waals surface area (Å²) in [7, 11) is 1.63. The van der Waals surface area contributed by atoms with Gasteiger partial charge in [0.25, 0.3) is 5.91 Å². The minimum absolute atomic E-state index is 0.235. The maximum atomic E-state index is 12.9. The Bertz CT molecular complexity index is 1090. The molecule has 0 spiro atoms. The van der Waals surface area contributed by atoms with Crippen LogP contribution in [0.5, 0.6) is 5.75 Å². The van der Waals surface area contributed by atoms with Crippen LogP contribution in [0, 0.1) is 0 Å². The lowest BCUT2D eigenvalue weighted by molar-refractivity contribution is -0.125. The summed E-state index contributed by atoms with van der Waals surface area (Å²) in [6, 6.07) is 19.3. The topological polar surface area (TPSA) is 77.7 Å². The van der Waals surface area contributed by atoms with Crippen molar-refractivity contribution in [3.05, 3.63) is 71.9 Å². The van der Waals surface area contributed by atoms with Crippen LogP contribution in [-0.2, 0) is 9.63 Å². The highest BCUT2D eigenvalue weighted by molar-refractivity contribution is 6.06. The predicted octanol–water partition coefficient (Wildman–Crippen LogP) is 3.89. The number of ether oxygens (including phenoxy) is 1. The van der Waals surface area contributed by atoms with Crippen molar-refractivity contribution < 1.29 is 14.4 Å². The second-order valence-electron chi connectivity index (χ2n) is 7.53. The summed E-state index contributed by atoms with van der Waals surface area (Å²) in [5, 5.41) is 11.8. The summed E-state index contributed by atoms with van der Waals surface area (Å²) >= 11 is 0. The van der Waals surface area contributed by atoms with Gasteiger partial charge in [-0.05, 0) is 54.8 Å².